The average Bonchev–Trinajstić information content (AvgIpc) is 3.22. The molecule has 0 radical (unpaired) electrons. The summed E-state index contributed by atoms with van der Waals surface area (Å²) in [6, 6.07) is 14.1. The summed E-state index contributed by atoms with van der Waals surface area (Å²) in [7, 11) is 0. The normalized spacial score (nSPS) is 13.1. The molecule has 0 saturated carbocycles. The number of carbonyl (C=O) groups excluding carboxylic acids is 1. The molecule has 0 unspecified atom stereocenters. The van der Waals surface area contributed by atoms with Gasteiger partial charge in [-0.1, -0.05) is 36.0 Å². The number of benzene rings is 2. The van der Waals surface area contributed by atoms with E-state index in [-0.39, 0.29) is 11.1 Å². The van der Waals surface area contributed by atoms with Gasteiger partial charge in [0.2, 0.25) is 0 Å². The van der Waals surface area contributed by atoms with Gasteiger partial charge in [-0.2, -0.15) is 0 Å². The second kappa shape index (κ2) is 9.64. The van der Waals surface area contributed by atoms with E-state index in [1.807, 2.05) is 31.2 Å². The van der Waals surface area contributed by atoms with Crippen LogP contribution in [0.2, 0.25) is 0 Å². The van der Waals surface area contributed by atoms with Gasteiger partial charge in [0, 0.05) is 10.6 Å². The number of fused-ring (bicyclic) bond motifs is 3. The molecular formula is C26H23N2O4S2-. The number of thioether (sulfide) groups is 1. The Labute approximate surface area is 205 Å². The van der Waals surface area contributed by atoms with Gasteiger partial charge >= 0.3 is 0 Å². The molecule has 0 spiro atoms. The number of aromatic nitrogens is 2. The molecular weight excluding hydrogens is 468 g/mol. The van der Waals surface area contributed by atoms with Gasteiger partial charge in [-0.05, 0) is 73.6 Å². The Kier molecular flexibility index (Phi) is 6.43. The second-order valence-corrected chi connectivity index (χ2v) is 10.2. The number of thiophene rings is 1. The Balaban J connectivity index is 1.58. The zero-order valence-corrected chi connectivity index (χ0v) is 20.3. The molecule has 8 heteroatoms. The van der Waals surface area contributed by atoms with Crippen LogP contribution in [0.5, 0.6) is 5.75 Å². The van der Waals surface area contributed by atoms with Gasteiger partial charge in [0.05, 0.1) is 23.6 Å². The number of carbonyl (C=O) groups is 1. The monoisotopic (exact) mass is 491 g/mol. The Bertz CT molecular complexity index is 1410. The van der Waals surface area contributed by atoms with Crippen LogP contribution < -0.4 is 15.4 Å². The maximum Gasteiger partial charge on any atom is 0.267 e. The largest absolute Gasteiger partial charge is 0.545 e. The van der Waals surface area contributed by atoms with Crippen LogP contribution in [0.25, 0.3) is 15.9 Å². The van der Waals surface area contributed by atoms with E-state index in [0.717, 1.165) is 58.5 Å². The number of hydrogen-bond acceptors (Lipinski definition) is 7. The van der Waals surface area contributed by atoms with Crippen LogP contribution in [0.15, 0.2) is 58.5 Å². The van der Waals surface area contributed by atoms with Crippen LogP contribution in [0.4, 0.5) is 0 Å². The highest BCUT2D eigenvalue weighted by atomic mass is 32.2. The van der Waals surface area contributed by atoms with Crippen molar-refractivity contribution >= 4 is 39.3 Å². The molecule has 4 aromatic rings. The number of ether oxygens (including phenoxy) is 1. The van der Waals surface area contributed by atoms with E-state index >= 15 is 0 Å². The Morgan fingerprint density at radius 3 is 2.56 bits per heavy atom. The van der Waals surface area contributed by atoms with Crippen LogP contribution in [-0.2, 0) is 18.6 Å². The molecule has 5 rings (SSSR count). The number of rotatable bonds is 7. The zero-order valence-electron chi connectivity index (χ0n) is 18.7. The summed E-state index contributed by atoms with van der Waals surface area (Å²) in [5.74, 6) is 0.105. The molecule has 0 amide bonds. The SMILES string of the molecule is CCOc1ccc(-n2c(SCc3ccc(C(=O)[O-])cc3)nc3sc4c(c3c2=O)CCCC4)cc1. The molecule has 2 aromatic carbocycles. The first-order valence-electron chi connectivity index (χ1n) is 11.3. The van der Waals surface area contributed by atoms with Crippen molar-refractivity contribution in [3.8, 4) is 11.4 Å². The molecule has 0 atom stereocenters. The van der Waals surface area contributed by atoms with Gasteiger partial charge in [-0.25, -0.2) is 4.98 Å². The van der Waals surface area contributed by atoms with E-state index in [1.165, 1.54) is 28.8 Å². The average molecular weight is 492 g/mol. The first kappa shape index (κ1) is 22.7. The second-order valence-electron chi connectivity index (χ2n) is 8.13. The first-order valence-corrected chi connectivity index (χ1v) is 13.1. The van der Waals surface area contributed by atoms with E-state index in [0.29, 0.717) is 17.5 Å². The third kappa shape index (κ3) is 4.35. The fourth-order valence-corrected chi connectivity index (χ4v) is 6.52. The van der Waals surface area contributed by atoms with Crippen LogP contribution in [-0.4, -0.2) is 22.1 Å². The molecule has 2 aromatic heterocycles. The van der Waals surface area contributed by atoms with E-state index in [9.17, 15) is 14.7 Å². The molecule has 1 aliphatic rings. The Hall–Kier alpha value is -3.10. The zero-order chi connectivity index (χ0) is 23.7. The van der Waals surface area contributed by atoms with Crippen LogP contribution in [0.3, 0.4) is 0 Å². The van der Waals surface area contributed by atoms with Crippen LogP contribution in [0, 0.1) is 0 Å². The fraction of sp³-hybridized carbons (Fsp3) is 0.269. The maximum absolute atomic E-state index is 13.8. The quantitative estimate of drug-likeness (QED) is 0.282. The smallest absolute Gasteiger partial charge is 0.267 e. The van der Waals surface area contributed by atoms with Crippen molar-refractivity contribution < 1.29 is 14.6 Å². The third-order valence-electron chi connectivity index (χ3n) is 5.92. The highest BCUT2D eigenvalue weighted by Gasteiger charge is 2.23. The molecule has 0 aliphatic heterocycles. The molecule has 0 fully saturated rings. The molecule has 6 nitrogen and oxygen atoms in total. The standard InChI is InChI=1S/C26H24N2O4S2/c1-2-32-19-13-11-18(12-14-19)28-24(29)22-20-5-3-4-6-21(20)34-23(22)27-26(28)33-15-16-7-9-17(10-8-16)25(30)31/h7-14H,2-6,15H2,1H3,(H,30,31)/p-1. The van der Waals surface area contributed by atoms with Gasteiger partial charge in [0.1, 0.15) is 10.6 Å². The van der Waals surface area contributed by atoms with Crippen molar-refractivity contribution in [3.63, 3.8) is 0 Å². The molecule has 2 heterocycles. The lowest BCUT2D eigenvalue weighted by atomic mass is 9.97. The number of hydrogen-bond donors (Lipinski definition) is 0. The molecule has 34 heavy (non-hydrogen) atoms. The number of carboxylic acid groups (broad SMARTS) is 1. The molecule has 0 saturated heterocycles. The molecule has 0 N–H and O–H groups in total. The van der Waals surface area contributed by atoms with Crippen LogP contribution >= 0.6 is 23.1 Å². The predicted octanol–water partition coefficient (Wildman–Crippen LogP) is 4.38. The van der Waals surface area contributed by atoms with Crippen LogP contribution in [0.1, 0.15) is 46.1 Å². The van der Waals surface area contributed by atoms with E-state index in [1.54, 1.807) is 28.0 Å². The van der Waals surface area contributed by atoms with Gasteiger partial charge in [-0.3, -0.25) is 9.36 Å². The number of aromatic carboxylic acids is 1. The van der Waals surface area contributed by atoms with E-state index in [2.05, 4.69) is 0 Å². The lowest BCUT2D eigenvalue weighted by molar-refractivity contribution is -0.255. The lowest BCUT2D eigenvalue weighted by Gasteiger charge is -2.14. The van der Waals surface area contributed by atoms with Crippen molar-refractivity contribution in [1.82, 2.24) is 9.55 Å². The number of carboxylic acids is 1. The topological polar surface area (TPSA) is 84.2 Å². The minimum atomic E-state index is -1.20. The van der Waals surface area contributed by atoms with E-state index < -0.39 is 5.97 Å². The maximum atomic E-state index is 13.8. The highest BCUT2D eigenvalue weighted by Crippen LogP contribution is 2.35. The lowest BCUT2D eigenvalue weighted by Crippen LogP contribution is -2.22. The minimum Gasteiger partial charge on any atom is -0.545 e. The fourth-order valence-electron chi connectivity index (χ4n) is 4.25. The third-order valence-corrected chi connectivity index (χ3v) is 8.12. The number of nitrogens with zero attached hydrogens (tertiary/aromatic N) is 2. The van der Waals surface area contributed by atoms with E-state index in [4.69, 9.17) is 9.72 Å². The van der Waals surface area contributed by atoms with Crippen molar-refractivity contribution in [2.45, 2.75) is 43.5 Å². The molecule has 174 valence electrons. The first-order chi connectivity index (χ1) is 16.5. The van der Waals surface area contributed by atoms with Crippen molar-refractivity contribution in [3.05, 3.63) is 80.5 Å². The summed E-state index contributed by atoms with van der Waals surface area (Å²) in [5, 5.41) is 12.4. The summed E-state index contributed by atoms with van der Waals surface area (Å²) < 4.78 is 7.26. The van der Waals surface area contributed by atoms with Crippen molar-refractivity contribution in [1.29, 1.82) is 0 Å². The number of aryl methyl sites for hydroxylation is 2. The van der Waals surface area contributed by atoms with Crippen molar-refractivity contribution in [2.24, 2.45) is 0 Å². The molecule has 0 bridgehead atoms. The summed E-state index contributed by atoms with van der Waals surface area (Å²) in [6.07, 6.45) is 4.18. The Morgan fingerprint density at radius 1 is 1.12 bits per heavy atom. The van der Waals surface area contributed by atoms with Gasteiger partial charge < -0.3 is 14.6 Å². The highest BCUT2D eigenvalue weighted by molar-refractivity contribution is 7.98. The molecule has 1 aliphatic carbocycles. The van der Waals surface area contributed by atoms with Gasteiger partial charge in [0.15, 0.2) is 5.16 Å². The van der Waals surface area contributed by atoms with Gasteiger partial charge in [-0.15, -0.1) is 11.3 Å². The summed E-state index contributed by atoms with van der Waals surface area (Å²) in [6.45, 7) is 2.51. The summed E-state index contributed by atoms with van der Waals surface area (Å²) in [4.78, 5) is 31.9. The predicted molar refractivity (Wildman–Crippen MR) is 133 cm³/mol. The Morgan fingerprint density at radius 2 is 1.85 bits per heavy atom. The summed E-state index contributed by atoms with van der Waals surface area (Å²) >= 11 is 3.10. The minimum absolute atomic E-state index is 0.0386. The van der Waals surface area contributed by atoms with Crippen molar-refractivity contribution in [2.75, 3.05) is 6.61 Å². The summed E-state index contributed by atoms with van der Waals surface area (Å²) in [5.41, 5.74) is 2.95. The van der Waals surface area contributed by atoms with Gasteiger partial charge in [0.25, 0.3) is 5.56 Å².